The monoisotopic (exact) mass is 496 g/mol. The number of pyridine rings is 2. The largest absolute Gasteiger partial charge is 0.375 e. The van der Waals surface area contributed by atoms with E-state index in [0.29, 0.717) is 42.9 Å². The number of fused-ring (bicyclic) bond motifs is 2. The van der Waals surface area contributed by atoms with Gasteiger partial charge in [-0.2, -0.15) is 5.26 Å². The molecule has 2 aliphatic heterocycles. The zero-order valence-corrected chi connectivity index (χ0v) is 20.7. The fourth-order valence-corrected chi connectivity index (χ4v) is 5.14. The molecule has 0 radical (unpaired) electrons. The number of carbonyl (C=O) groups excluding carboxylic acids is 2. The molecule has 0 bridgehead atoms. The van der Waals surface area contributed by atoms with Crippen molar-refractivity contribution < 1.29 is 14.3 Å². The Kier molecular flexibility index (Phi) is 5.76. The summed E-state index contributed by atoms with van der Waals surface area (Å²) in [6.45, 7) is 4.27. The molecule has 1 atom stereocenters. The first-order valence-corrected chi connectivity index (χ1v) is 12.7. The fourth-order valence-electron chi connectivity index (χ4n) is 5.14. The third kappa shape index (κ3) is 4.38. The van der Waals surface area contributed by atoms with Gasteiger partial charge in [0, 0.05) is 36.3 Å². The van der Waals surface area contributed by atoms with E-state index >= 15 is 0 Å². The van der Waals surface area contributed by atoms with Crippen molar-refractivity contribution in [3.8, 4) is 6.07 Å². The summed E-state index contributed by atoms with van der Waals surface area (Å²) in [6.07, 6.45) is 4.84. The summed E-state index contributed by atoms with van der Waals surface area (Å²) in [5.41, 5.74) is 2.87. The first-order valence-electron chi connectivity index (χ1n) is 12.7. The van der Waals surface area contributed by atoms with Crippen LogP contribution < -0.4 is 10.2 Å². The Morgan fingerprint density at radius 2 is 2.11 bits per heavy atom. The molecule has 4 heterocycles. The van der Waals surface area contributed by atoms with Crippen molar-refractivity contribution in [3.63, 3.8) is 0 Å². The highest BCUT2D eigenvalue weighted by molar-refractivity contribution is 5.95. The van der Waals surface area contributed by atoms with Gasteiger partial charge in [-0.15, -0.1) is 0 Å². The second-order valence-corrected chi connectivity index (χ2v) is 10.2. The van der Waals surface area contributed by atoms with Crippen LogP contribution in [0.15, 0.2) is 42.6 Å². The summed E-state index contributed by atoms with van der Waals surface area (Å²) in [7, 11) is 0. The van der Waals surface area contributed by atoms with Crippen LogP contribution in [0.4, 0.5) is 10.6 Å². The Balaban J connectivity index is 1.18. The molecule has 188 valence electrons. The maximum absolute atomic E-state index is 13.0. The summed E-state index contributed by atoms with van der Waals surface area (Å²) in [4.78, 5) is 38.9. The van der Waals surface area contributed by atoms with Crippen LogP contribution in [0.2, 0.25) is 0 Å². The molecule has 1 N–H and O–H groups in total. The molecule has 2 fully saturated rings. The fraction of sp³-hybridized carbons (Fsp3) is 0.393. The van der Waals surface area contributed by atoms with Crippen molar-refractivity contribution >= 4 is 28.7 Å². The van der Waals surface area contributed by atoms with Gasteiger partial charge in [0.25, 0.3) is 5.91 Å². The topological polar surface area (TPSA) is 111 Å². The van der Waals surface area contributed by atoms with E-state index < -0.39 is 5.41 Å². The third-order valence-corrected chi connectivity index (χ3v) is 7.43. The van der Waals surface area contributed by atoms with Gasteiger partial charge in [0.1, 0.15) is 11.2 Å². The van der Waals surface area contributed by atoms with E-state index in [0.717, 1.165) is 47.8 Å². The van der Waals surface area contributed by atoms with E-state index in [2.05, 4.69) is 16.4 Å². The number of nitrogens with zero attached hydrogens (tertiary/aromatic N) is 5. The molecular weight excluding hydrogens is 468 g/mol. The second kappa shape index (κ2) is 9.12. The number of urea groups is 1. The van der Waals surface area contributed by atoms with Crippen molar-refractivity contribution in [1.29, 1.82) is 5.26 Å². The maximum Gasteiger partial charge on any atom is 0.325 e. The van der Waals surface area contributed by atoms with Crippen LogP contribution in [0, 0.1) is 11.3 Å². The molecule has 3 aliphatic rings. The number of amides is 3. The Morgan fingerprint density at radius 3 is 2.92 bits per heavy atom. The van der Waals surface area contributed by atoms with Gasteiger partial charge in [0.2, 0.25) is 0 Å². The Hall–Kier alpha value is -4.03. The lowest BCUT2D eigenvalue weighted by Crippen LogP contribution is -2.50. The predicted octanol–water partition coefficient (Wildman–Crippen LogP) is 3.67. The zero-order chi connectivity index (χ0) is 25.6. The van der Waals surface area contributed by atoms with Gasteiger partial charge in [0.05, 0.1) is 37.0 Å². The molecule has 9 heteroatoms. The third-order valence-electron chi connectivity index (χ3n) is 7.43. The standard InChI is InChI=1S/C28H28N6O3/c1-28(16-29)17-37-15-20-4-3-18(11-23(20)28)26(35)31-14-21-12-24-19(13-30-21)5-8-25(32-24)34-10-2-9-33(27(34)36)22-6-7-22/h3-5,8,11-13,22H,2,6-7,9-10,14-15,17H2,1H3,(H,31,35)/t28-/m1/s1. The van der Waals surface area contributed by atoms with E-state index in [-0.39, 0.29) is 18.5 Å². The van der Waals surface area contributed by atoms with Crippen molar-refractivity contribution in [2.75, 3.05) is 24.6 Å². The average Bonchev–Trinajstić information content (AvgIpc) is 3.77. The van der Waals surface area contributed by atoms with Gasteiger partial charge < -0.3 is 15.0 Å². The molecule has 6 rings (SSSR count). The SMILES string of the molecule is C[C@@]1(C#N)COCc2ccc(C(=O)NCc3cc4nc(N5CCCN(C6CC6)C5=O)ccc4cn3)cc21. The van der Waals surface area contributed by atoms with E-state index in [1.165, 1.54) is 0 Å². The van der Waals surface area contributed by atoms with Crippen LogP contribution in [0.25, 0.3) is 10.9 Å². The number of nitriles is 1. The van der Waals surface area contributed by atoms with Crippen LogP contribution in [-0.2, 0) is 23.3 Å². The lowest BCUT2D eigenvalue weighted by molar-refractivity contribution is 0.0757. The molecular formula is C28H28N6O3. The summed E-state index contributed by atoms with van der Waals surface area (Å²) >= 11 is 0. The quantitative estimate of drug-likeness (QED) is 0.577. The van der Waals surface area contributed by atoms with Crippen LogP contribution in [0.5, 0.6) is 0 Å². The van der Waals surface area contributed by atoms with Crippen molar-refractivity contribution in [2.45, 2.75) is 50.8 Å². The van der Waals surface area contributed by atoms with Gasteiger partial charge in [-0.1, -0.05) is 6.07 Å². The van der Waals surface area contributed by atoms with Gasteiger partial charge in [-0.3, -0.25) is 14.7 Å². The molecule has 1 saturated carbocycles. The molecule has 1 aromatic carbocycles. The number of aromatic nitrogens is 2. The van der Waals surface area contributed by atoms with E-state index in [9.17, 15) is 14.9 Å². The summed E-state index contributed by atoms with van der Waals surface area (Å²) in [5, 5.41) is 13.5. The smallest absolute Gasteiger partial charge is 0.325 e. The number of benzene rings is 1. The summed E-state index contributed by atoms with van der Waals surface area (Å²) in [5.74, 6) is 0.403. The number of carbonyl (C=O) groups is 2. The zero-order valence-electron chi connectivity index (χ0n) is 20.7. The van der Waals surface area contributed by atoms with Crippen LogP contribution >= 0.6 is 0 Å². The number of hydrogen-bond donors (Lipinski definition) is 1. The van der Waals surface area contributed by atoms with Crippen molar-refractivity contribution in [2.24, 2.45) is 0 Å². The lowest BCUT2D eigenvalue weighted by atomic mass is 9.79. The Morgan fingerprint density at radius 1 is 1.24 bits per heavy atom. The maximum atomic E-state index is 13.0. The van der Waals surface area contributed by atoms with Gasteiger partial charge in [-0.25, -0.2) is 9.78 Å². The Bertz CT molecular complexity index is 1450. The number of ether oxygens (including phenoxy) is 1. The minimum atomic E-state index is -0.779. The van der Waals surface area contributed by atoms with Crippen molar-refractivity contribution in [1.82, 2.24) is 20.2 Å². The first kappa shape index (κ1) is 23.4. The highest BCUT2D eigenvalue weighted by Crippen LogP contribution is 2.33. The molecule has 37 heavy (non-hydrogen) atoms. The van der Waals surface area contributed by atoms with Crippen LogP contribution in [-0.4, -0.2) is 52.5 Å². The van der Waals surface area contributed by atoms with Gasteiger partial charge >= 0.3 is 6.03 Å². The molecule has 9 nitrogen and oxygen atoms in total. The number of hydrogen-bond acceptors (Lipinski definition) is 6. The highest BCUT2D eigenvalue weighted by Gasteiger charge is 2.38. The molecule has 1 aliphatic carbocycles. The summed E-state index contributed by atoms with van der Waals surface area (Å²) < 4.78 is 5.55. The Labute approximate surface area is 215 Å². The van der Waals surface area contributed by atoms with Gasteiger partial charge in [0.15, 0.2) is 0 Å². The van der Waals surface area contributed by atoms with E-state index in [4.69, 9.17) is 9.72 Å². The molecule has 0 unspecified atom stereocenters. The van der Waals surface area contributed by atoms with E-state index in [1.54, 1.807) is 23.2 Å². The number of nitrogens with one attached hydrogen (secondary N) is 1. The normalized spacial score (nSPS) is 21.5. The molecule has 3 amide bonds. The van der Waals surface area contributed by atoms with Gasteiger partial charge in [-0.05, 0) is 67.6 Å². The molecule has 1 saturated heterocycles. The number of rotatable bonds is 5. The predicted molar refractivity (Wildman–Crippen MR) is 137 cm³/mol. The number of anilines is 1. The van der Waals surface area contributed by atoms with Crippen LogP contribution in [0.1, 0.15) is 53.4 Å². The van der Waals surface area contributed by atoms with E-state index in [1.807, 2.05) is 36.1 Å². The average molecular weight is 497 g/mol. The molecule has 2 aromatic heterocycles. The van der Waals surface area contributed by atoms with Crippen molar-refractivity contribution in [3.05, 3.63) is 65.0 Å². The van der Waals surface area contributed by atoms with Crippen LogP contribution in [0.3, 0.4) is 0 Å². The first-order chi connectivity index (χ1) is 17.9. The lowest BCUT2D eigenvalue weighted by Gasteiger charge is -2.35. The molecule has 0 spiro atoms. The summed E-state index contributed by atoms with van der Waals surface area (Å²) in [6, 6.07) is 13.8. The second-order valence-electron chi connectivity index (χ2n) is 10.2. The minimum Gasteiger partial charge on any atom is -0.375 e. The molecule has 3 aromatic rings. The highest BCUT2D eigenvalue weighted by atomic mass is 16.5. The minimum absolute atomic E-state index is 0.0336.